The molecule has 1 rings (SSSR count). The molecule has 0 aromatic heterocycles. The molecular formula is C9H15F3N2O3S. The lowest BCUT2D eigenvalue weighted by molar-refractivity contribution is -0.124. The smallest absolute Gasteiger partial charge is 0.352 e. The number of carbonyl (C=O) groups excluding carboxylic acids is 1. The summed E-state index contributed by atoms with van der Waals surface area (Å²) >= 11 is 0. The average Bonchev–Trinajstić information content (AvgIpc) is 2.93. The minimum atomic E-state index is -4.37. The summed E-state index contributed by atoms with van der Waals surface area (Å²) in [6.07, 6.45) is -2.68. The zero-order valence-electron chi connectivity index (χ0n) is 9.59. The van der Waals surface area contributed by atoms with E-state index in [-0.39, 0.29) is 12.6 Å². The van der Waals surface area contributed by atoms with Gasteiger partial charge in [0.15, 0.2) is 9.84 Å². The maximum atomic E-state index is 11.8. The van der Waals surface area contributed by atoms with Crippen molar-refractivity contribution in [2.24, 2.45) is 0 Å². The highest BCUT2D eigenvalue weighted by atomic mass is 32.2. The minimum Gasteiger partial charge on any atom is -0.352 e. The summed E-state index contributed by atoms with van der Waals surface area (Å²) < 4.78 is 58.1. The molecule has 1 aliphatic carbocycles. The van der Waals surface area contributed by atoms with Crippen LogP contribution in [-0.4, -0.2) is 51.1 Å². The second-order valence-corrected chi connectivity index (χ2v) is 6.41. The topological polar surface area (TPSA) is 75.3 Å². The fourth-order valence-corrected chi connectivity index (χ4v) is 2.31. The largest absolute Gasteiger partial charge is 0.401 e. The first-order valence-electron chi connectivity index (χ1n) is 5.45. The molecule has 0 radical (unpaired) electrons. The van der Waals surface area contributed by atoms with E-state index in [2.05, 4.69) is 5.32 Å². The molecule has 0 aromatic carbocycles. The summed E-state index contributed by atoms with van der Waals surface area (Å²) in [5.74, 6) is -1.74. The van der Waals surface area contributed by atoms with E-state index in [9.17, 15) is 26.4 Å². The third-order valence-electron chi connectivity index (χ3n) is 2.21. The van der Waals surface area contributed by atoms with E-state index in [1.54, 1.807) is 0 Å². The molecule has 0 atom stereocenters. The minimum absolute atomic E-state index is 0.0658. The molecule has 0 aliphatic heterocycles. The van der Waals surface area contributed by atoms with Crippen LogP contribution in [0.4, 0.5) is 13.2 Å². The monoisotopic (exact) mass is 288 g/mol. The van der Waals surface area contributed by atoms with Crippen molar-refractivity contribution in [3.05, 3.63) is 0 Å². The second kappa shape index (κ2) is 5.87. The van der Waals surface area contributed by atoms with Crippen molar-refractivity contribution in [3.8, 4) is 0 Å². The van der Waals surface area contributed by atoms with E-state index in [1.165, 1.54) is 0 Å². The Morgan fingerprint density at radius 3 is 2.39 bits per heavy atom. The third-order valence-corrected chi connectivity index (χ3v) is 3.74. The molecule has 1 fully saturated rings. The normalized spacial score (nSPS) is 16.6. The van der Waals surface area contributed by atoms with Crippen LogP contribution in [0, 0.1) is 0 Å². The lowest BCUT2D eigenvalue weighted by Crippen LogP contribution is -2.36. The molecule has 5 nitrogen and oxygen atoms in total. The van der Waals surface area contributed by atoms with Gasteiger partial charge in [0.2, 0.25) is 5.91 Å². The Morgan fingerprint density at radius 1 is 1.28 bits per heavy atom. The second-order valence-electron chi connectivity index (χ2n) is 4.23. The lowest BCUT2D eigenvalue weighted by atomic mass is 10.6. The molecule has 0 unspecified atom stereocenters. The summed E-state index contributed by atoms with van der Waals surface area (Å²) in [6, 6.07) is 0.0658. The SMILES string of the molecule is O=C(CS(=O)(=O)CCNCC(F)(F)F)NC1CC1. The molecule has 2 N–H and O–H groups in total. The van der Waals surface area contributed by atoms with Gasteiger partial charge < -0.3 is 10.6 Å². The van der Waals surface area contributed by atoms with Crippen LogP contribution in [0.25, 0.3) is 0 Å². The van der Waals surface area contributed by atoms with Crippen LogP contribution in [0.15, 0.2) is 0 Å². The highest BCUT2D eigenvalue weighted by molar-refractivity contribution is 7.92. The summed E-state index contributed by atoms with van der Waals surface area (Å²) in [5.41, 5.74) is 0. The van der Waals surface area contributed by atoms with Gasteiger partial charge >= 0.3 is 6.18 Å². The molecule has 9 heteroatoms. The van der Waals surface area contributed by atoms with Crippen LogP contribution in [-0.2, 0) is 14.6 Å². The summed E-state index contributed by atoms with van der Waals surface area (Å²) in [7, 11) is -3.66. The molecule has 106 valence electrons. The molecule has 1 amide bonds. The number of halogens is 3. The lowest BCUT2D eigenvalue weighted by Gasteiger charge is -2.08. The Labute approximate surface area is 103 Å². The van der Waals surface area contributed by atoms with Gasteiger partial charge in [-0.3, -0.25) is 4.79 Å². The summed E-state index contributed by atoms with van der Waals surface area (Å²) in [6.45, 7) is -1.56. The van der Waals surface area contributed by atoms with Crippen molar-refractivity contribution in [2.45, 2.75) is 25.1 Å². The Kier molecular flexibility index (Phi) is 4.97. The van der Waals surface area contributed by atoms with Crippen molar-refractivity contribution in [2.75, 3.05) is 24.6 Å². The van der Waals surface area contributed by atoms with E-state index >= 15 is 0 Å². The van der Waals surface area contributed by atoms with Crippen LogP contribution in [0.3, 0.4) is 0 Å². The first-order valence-corrected chi connectivity index (χ1v) is 7.27. The number of hydrogen-bond acceptors (Lipinski definition) is 4. The molecular weight excluding hydrogens is 273 g/mol. The number of nitrogens with one attached hydrogen (secondary N) is 2. The number of carbonyl (C=O) groups is 1. The maximum absolute atomic E-state index is 11.8. The van der Waals surface area contributed by atoms with Gasteiger partial charge in [0.05, 0.1) is 12.3 Å². The quantitative estimate of drug-likeness (QED) is 0.638. The van der Waals surface area contributed by atoms with Crippen LogP contribution in [0.5, 0.6) is 0 Å². The Balaban J connectivity index is 2.20. The van der Waals surface area contributed by atoms with Crippen molar-refractivity contribution >= 4 is 15.7 Å². The number of rotatable bonds is 7. The molecule has 0 saturated heterocycles. The van der Waals surface area contributed by atoms with Crippen molar-refractivity contribution < 1.29 is 26.4 Å². The number of hydrogen-bond donors (Lipinski definition) is 2. The fourth-order valence-electron chi connectivity index (χ4n) is 1.23. The zero-order chi connectivity index (χ0) is 13.8. The van der Waals surface area contributed by atoms with Crippen LogP contribution in [0.1, 0.15) is 12.8 Å². The van der Waals surface area contributed by atoms with E-state index in [1.807, 2.05) is 5.32 Å². The molecule has 0 aromatic rings. The summed E-state index contributed by atoms with van der Waals surface area (Å²) in [4.78, 5) is 11.2. The number of sulfone groups is 1. The molecule has 0 heterocycles. The predicted molar refractivity (Wildman–Crippen MR) is 58.7 cm³/mol. The first-order chi connectivity index (χ1) is 8.18. The molecule has 0 bridgehead atoms. The predicted octanol–water partition coefficient (Wildman–Crippen LogP) is -0.168. The fraction of sp³-hybridized carbons (Fsp3) is 0.889. The van der Waals surface area contributed by atoms with Crippen LogP contribution in [0.2, 0.25) is 0 Å². The summed E-state index contributed by atoms with van der Waals surface area (Å²) in [5, 5.41) is 4.48. The molecule has 18 heavy (non-hydrogen) atoms. The van der Waals surface area contributed by atoms with Crippen LogP contribution >= 0.6 is 0 Å². The highest BCUT2D eigenvalue weighted by Crippen LogP contribution is 2.18. The van der Waals surface area contributed by atoms with Gasteiger partial charge in [-0.15, -0.1) is 0 Å². The Bertz CT molecular complexity index is 390. The highest BCUT2D eigenvalue weighted by Gasteiger charge is 2.27. The Morgan fingerprint density at radius 2 is 1.89 bits per heavy atom. The van der Waals surface area contributed by atoms with Gasteiger partial charge in [0, 0.05) is 12.6 Å². The molecule has 1 aliphatic rings. The van der Waals surface area contributed by atoms with Gasteiger partial charge in [0.25, 0.3) is 0 Å². The first kappa shape index (κ1) is 15.2. The van der Waals surface area contributed by atoms with E-state index in [4.69, 9.17) is 0 Å². The van der Waals surface area contributed by atoms with Crippen molar-refractivity contribution in [1.82, 2.24) is 10.6 Å². The van der Waals surface area contributed by atoms with E-state index < -0.39 is 40.0 Å². The molecule has 1 saturated carbocycles. The van der Waals surface area contributed by atoms with Crippen LogP contribution < -0.4 is 10.6 Å². The zero-order valence-corrected chi connectivity index (χ0v) is 10.4. The molecule has 0 spiro atoms. The van der Waals surface area contributed by atoms with Gasteiger partial charge in [-0.1, -0.05) is 0 Å². The van der Waals surface area contributed by atoms with Gasteiger partial charge in [0.1, 0.15) is 5.75 Å². The van der Waals surface area contributed by atoms with Gasteiger partial charge in [-0.25, -0.2) is 8.42 Å². The Hall–Kier alpha value is -0.830. The van der Waals surface area contributed by atoms with Gasteiger partial charge in [-0.05, 0) is 12.8 Å². The number of amides is 1. The van der Waals surface area contributed by atoms with E-state index in [0.717, 1.165) is 12.8 Å². The van der Waals surface area contributed by atoms with Gasteiger partial charge in [-0.2, -0.15) is 13.2 Å². The standard InChI is InChI=1S/C9H15F3N2O3S/c10-9(11,12)6-13-3-4-18(16,17)5-8(15)14-7-1-2-7/h7,13H,1-6H2,(H,14,15). The third kappa shape index (κ3) is 7.49. The number of alkyl halides is 3. The van der Waals surface area contributed by atoms with Crippen molar-refractivity contribution in [1.29, 1.82) is 0 Å². The van der Waals surface area contributed by atoms with E-state index in [0.29, 0.717) is 0 Å². The van der Waals surface area contributed by atoms with Crippen molar-refractivity contribution in [3.63, 3.8) is 0 Å². The maximum Gasteiger partial charge on any atom is 0.401 e. The average molecular weight is 288 g/mol.